The second kappa shape index (κ2) is 6.99. The molecule has 1 rings (SSSR count). The van der Waals surface area contributed by atoms with Gasteiger partial charge in [-0.3, -0.25) is 9.59 Å². The van der Waals surface area contributed by atoms with Crippen LogP contribution in [-0.2, 0) is 14.3 Å². The Morgan fingerprint density at radius 3 is 2.42 bits per heavy atom. The molecule has 0 fully saturated rings. The Labute approximate surface area is 117 Å². The number of hydrogen-bond acceptors (Lipinski definition) is 4. The van der Waals surface area contributed by atoms with Crippen molar-refractivity contribution in [2.45, 2.75) is 13.0 Å². The molecule has 1 aromatic rings. The minimum Gasteiger partial charge on any atom is -0.481 e. The monoisotopic (exact) mass is 285 g/mol. The second-order valence-corrected chi connectivity index (χ2v) is 4.42. The van der Waals surface area contributed by atoms with Crippen LogP contribution in [-0.4, -0.2) is 43.6 Å². The average Bonchev–Trinajstić information content (AvgIpc) is 2.40. The third-order valence-corrected chi connectivity index (χ3v) is 2.70. The van der Waals surface area contributed by atoms with Gasteiger partial charge in [0.1, 0.15) is 12.3 Å². The van der Waals surface area contributed by atoms with Gasteiger partial charge in [0.25, 0.3) is 5.91 Å². The molecule has 0 spiro atoms. The molecule has 1 atom stereocenters. The van der Waals surface area contributed by atoms with Gasteiger partial charge in [-0.15, -0.1) is 0 Å². The van der Waals surface area contributed by atoms with E-state index in [0.29, 0.717) is 10.8 Å². The van der Waals surface area contributed by atoms with Crippen molar-refractivity contribution in [3.8, 4) is 5.75 Å². The zero-order valence-electron chi connectivity index (χ0n) is 11.1. The van der Waals surface area contributed by atoms with E-state index in [1.54, 1.807) is 31.2 Å². The fraction of sp³-hybridized carbons (Fsp3) is 0.385. The maximum absolute atomic E-state index is 11.9. The summed E-state index contributed by atoms with van der Waals surface area (Å²) in [6, 6.07) is 6.69. The SMILES string of the molecule is COC(=O)CN(C)C(=O)C(C)Oc1ccc(Cl)cc1. The highest BCUT2D eigenvalue weighted by Gasteiger charge is 2.21. The van der Waals surface area contributed by atoms with Crippen LogP contribution in [0.4, 0.5) is 0 Å². The molecule has 19 heavy (non-hydrogen) atoms. The normalized spacial score (nSPS) is 11.6. The van der Waals surface area contributed by atoms with Crippen LogP contribution in [0.3, 0.4) is 0 Å². The average molecular weight is 286 g/mol. The van der Waals surface area contributed by atoms with Crippen molar-refractivity contribution in [2.75, 3.05) is 20.7 Å². The van der Waals surface area contributed by atoms with E-state index in [1.807, 2.05) is 0 Å². The van der Waals surface area contributed by atoms with Crippen LogP contribution in [0.25, 0.3) is 0 Å². The molecule has 5 nitrogen and oxygen atoms in total. The predicted molar refractivity (Wildman–Crippen MR) is 71.2 cm³/mol. The summed E-state index contributed by atoms with van der Waals surface area (Å²) in [5.41, 5.74) is 0. The molecular weight excluding hydrogens is 270 g/mol. The summed E-state index contributed by atoms with van der Waals surface area (Å²) < 4.78 is 9.96. The maximum atomic E-state index is 11.9. The molecule has 104 valence electrons. The highest BCUT2D eigenvalue weighted by atomic mass is 35.5. The summed E-state index contributed by atoms with van der Waals surface area (Å²) >= 11 is 5.75. The summed E-state index contributed by atoms with van der Waals surface area (Å²) in [7, 11) is 2.79. The number of halogens is 1. The Bertz CT molecular complexity index is 446. The van der Waals surface area contributed by atoms with Gasteiger partial charge in [0.2, 0.25) is 0 Å². The zero-order valence-corrected chi connectivity index (χ0v) is 11.8. The number of hydrogen-bond donors (Lipinski definition) is 0. The molecule has 1 amide bonds. The number of methoxy groups -OCH3 is 1. The van der Waals surface area contributed by atoms with Crippen LogP contribution in [0.1, 0.15) is 6.92 Å². The summed E-state index contributed by atoms with van der Waals surface area (Å²) in [6.07, 6.45) is -0.698. The molecule has 6 heteroatoms. The molecule has 1 unspecified atom stereocenters. The van der Waals surface area contributed by atoms with E-state index in [9.17, 15) is 9.59 Å². The number of carbonyl (C=O) groups is 2. The van der Waals surface area contributed by atoms with Gasteiger partial charge in [0, 0.05) is 12.1 Å². The van der Waals surface area contributed by atoms with E-state index in [0.717, 1.165) is 0 Å². The first-order valence-electron chi connectivity index (χ1n) is 5.68. The van der Waals surface area contributed by atoms with Crippen LogP contribution in [0.2, 0.25) is 5.02 Å². The molecule has 1 aromatic carbocycles. The van der Waals surface area contributed by atoms with Crippen LogP contribution < -0.4 is 4.74 Å². The van der Waals surface area contributed by atoms with Crippen molar-refractivity contribution in [1.82, 2.24) is 4.90 Å². The molecule has 0 aromatic heterocycles. The predicted octanol–water partition coefficient (Wildman–Crippen LogP) is 1.74. The molecule has 0 saturated heterocycles. The van der Waals surface area contributed by atoms with Gasteiger partial charge in [0.15, 0.2) is 6.10 Å². The van der Waals surface area contributed by atoms with Crippen molar-refractivity contribution in [2.24, 2.45) is 0 Å². The first-order chi connectivity index (χ1) is 8.93. The van der Waals surface area contributed by atoms with Gasteiger partial charge in [-0.2, -0.15) is 0 Å². The van der Waals surface area contributed by atoms with E-state index < -0.39 is 12.1 Å². The summed E-state index contributed by atoms with van der Waals surface area (Å²) in [6.45, 7) is 1.51. The Morgan fingerprint density at radius 2 is 1.89 bits per heavy atom. The molecule has 0 bridgehead atoms. The number of carbonyl (C=O) groups excluding carboxylic acids is 2. The first-order valence-corrected chi connectivity index (χ1v) is 6.06. The van der Waals surface area contributed by atoms with Crippen molar-refractivity contribution in [1.29, 1.82) is 0 Å². The van der Waals surface area contributed by atoms with E-state index in [4.69, 9.17) is 16.3 Å². The quantitative estimate of drug-likeness (QED) is 0.773. The van der Waals surface area contributed by atoms with E-state index in [2.05, 4.69) is 4.74 Å². The fourth-order valence-electron chi connectivity index (χ4n) is 1.41. The third-order valence-electron chi connectivity index (χ3n) is 2.44. The lowest BCUT2D eigenvalue weighted by atomic mass is 10.3. The molecule has 0 aliphatic rings. The molecule has 0 heterocycles. The van der Waals surface area contributed by atoms with Crippen LogP contribution in [0, 0.1) is 0 Å². The Hall–Kier alpha value is -1.75. The topological polar surface area (TPSA) is 55.8 Å². The van der Waals surface area contributed by atoms with Crippen LogP contribution in [0.5, 0.6) is 5.75 Å². The minimum atomic E-state index is -0.698. The maximum Gasteiger partial charge on any atom is 0.325 e. The van der Waals surface area contributed by atoms with Gasteiger partial charge < -0.3 is 14.4 Å². The minimum absolute atomic E-state index is 0.107. The number of amides is 1. The number of nitrogens with zero attached hydrogens (tertiary/aromatic N) is 1. The highest BCUT2D eigenvalue weighted by molar-refractivity contribution is 6.30. The summed E-state index contributed by atoms with van der Waals surface area (Å²) in [5, 5.41) is 0.592. The molecule has 0 saturated carbocycles. The molecule has 0 radical (unpaired) electrons. The lowest BCUT2D eigenvalue weighted by Crippen LogP contribution is -2.40. The highest BCUT2D eigenvalue weighted by Crippen LogP contribution is 2.17. The number of ether oxygens (including phenoxy) is 2. The van der Waals surface area contributed by atoms with Gasteiger partial charge in [-0.1, -0.05) is 11.6 Å². The van der Waals surface area contributed by atoms with E-state index >= 15 is 0 Å². The molecule has 0 N–H and O–H groups in total. The molecule has 0 aliphatic heterocycles. The van der Waals surface area contributed by atoms with Gasteiger partial charge in [-0.05, 0) is 31.2 Å². The lowest BCUT2D eigenvalue weighted by molar-refractivity contribution is -0.148. The molecular formula is C13H16ClNO4. The summed E-state index contributed by atoms with van der Waals surface area (Å²) in [4.78, 5) is 24.3. The second-order valence-electron chi connectivity index (χ2n) is 3.98. The largest absolute Gasteiger partial charge is 0.481 e. The number of benzene rings is 1. The standard InChI is InChI=1S/C13H16ClNO4/c1-9(13(17)15(2)8-12(16)18-3)19-11-6-4-10(14)5-7-11/h4-7,9H,8H2,1-3H3. The lowest BCUT2D eigenvalue weighted by Gasteiger charge is -2.21. The van der Waals surface area contributed by atoms with E-state index in [1.165, 1.54) is 19.1 Å². The number of likely N-dealkylation sites (N-methyl/N-ethyl adjacent to an activating group) is 1. The van der Waals surface area contributed by atoms with Gasteiger partial charge in [-0.25, -0.2) is 0 Å². The van der Waals surface area contributed by atoms with Crippen LogP contribution in [0.15, 0.2) is 24.3 Å². The fourth-order valence-corrected chi connectivity index (χ4v) is 1.54. The van der Waals surface area contributed by atoms with E-state index in [-0.39, 0.29) is 12.5 Å². The third kappa shape index (κ3) is 4.79. The van der Waals surface area contributed by atoms with Gasteiger partial charge >= 0.3 is 5.97 Å². The van der Waals surface area contributed by atoms with Crippen molar-refractivity contribution in [3.05, 3.63) is 29.3 Å². The van der Waals surface area contributed by atoms with Crippen molar-refractivity contribution < 1.29 is 19.1 Å². The Morgan fingerprint density at radius 1 is 1.32 bits per heavy atom. The number of rotatable bonds is 5. The smallest absolute Gasteiger partial charge is 0.325 e. The van der Waals surface area contributed by atoms with Crippen LogP contribution >= 0.6 is 11.6 Å². The number of esters is 1. The van der Waals surface area contributed by atoms with Crippen molar-refractivity contribution >= 4 is 23.5 Å². The van der Waals surface area contributed by atoms with Gasteiger partial charge in [0.05, 0.1) is 7.11 Å². The Kier molecular flexibility index (Phi) is 5.63. The first kappa shape index (κ1) is 15.3. The summed E-state index contributed by atoms with van der Waals surface area (Å²) in [5.74, 6) is -0.244. The molecule has 0 aliphatic carbocycles. The van der Waals surface area contributed by atoms with Crippen molar-refractivity contribution in [3.63, 3.8) is 0 Å². The zero-order chi connectivity index (χ0) is 14.4. The Balaban J connectivity index is 2.57.